The van der Waals surface area contributed by atoms with E-state index in [1.807, 2.05) is 6.92 Å². The number of amides is 3. The second-order valence-corrected chi connectivity index (χ2v) is 9.27. The second-order valence-electron chi connectivity index (χ2n) is 9.27. The predicted molar refractivity (Wildman–Crippen MR) is 121 cm³/mol. The number of carbonyl (C=O) groups is 3. The van der Waals surface area contributed by atoms with Crippen molar-refractivity contribution in [2.45, 2.75) is 45.8 Å². The van der Waals surface area contributed by atoms with Gasteiger partial charge in [-0.25, -0.2) is 14.6 Å². The number of ether oxygens (including phenoxy) is 2. The molecule has 3 atom stereocenters. The molecule has 0 bridgehead atoms. The molecule has 1 aromatic heterocycles. The topological polar surface area (TPSA) is 134 Å². The van der Waals surface area contributed by atoms with E-state index in [1.165, 1.54) is 11.1 Å². The van der Waals surface area contributed by atoms with E-state index < -0.39 is 17.8 Å². The summed E-state index contributed by atoms with van der Waals surface area (Å²) in [5.74, 6) is -0.533. The first-order valence-electron chi connectivity index (χ1n) is 10.7. The molecule has 2 N–H and O–H groups in total. The van der Waals surface area contributed by atoms with E-state index in [1.54, 1.807) is 39.0 Å². The van der Waals surface area contributed by atoms with E-state index in [-0.39, 0.29) is 30.4 Å². The van der Waals surface area contributed by atoms with Gasteiger partial charge in [-0.15, -0.1) is 0 Å². The molecule has 172 valence electrons. The monoisotopic (exact) mass is 451 g/mol. The zero-order valence-corrected chi connectivity index (χ0v) is 18.8. The van der Waals surface area contributed by atoms with Crippen LogP contribution in [0.4, 0.5) is 26.8 Å². The van der Waals surface area contributed by atoms with Crippen LogP contribution in [-0.2, 0) is 14.3 Å². The van der Waals surface area contributed by atoms with Gasteiger partial charge in [0.05, 0.1) is 35.3 Å². The lowest BCUT2D eigenvalue weighted by atomic mass is 10.1. The second kappa shape index (κ2) is 8.24. The van der Waals surface area contributed by atoms with Crippen LogP contribution in [0.3, 0.4) is 0 Å². The summed E-state index contributed by atoms with van der Waals surface area (Å²) in [6.45, 7) is 7.39. The third-order valence-electron chi connectivity index (χ3n) is 5.37. The van der Waals surface area contributed by atoms with Gasteiger partial charge in [0, 0.05) is 11.6 Å². The molecule has 2 aromatic rings. The van der Waals surface area contributed by atoms with Gasteiger partial charge in [-0.3, -0.25) is 15.0 Å². The highest BCUT2D eigenvalue weighted by molar-refractivity contribution is 6.05. The van der Waals surface area contributed by atoms with Crippen LogP contribution in [0.15, 0.2) is 24.4 Å². The Bertz CT molecular complexity index is 1180. The van der Waals surface area contributed by atoms with Crippen molar-refractivity contribution >= 4 is 46.1 Å². The Morgan fingerprint density at radius 2 is 2.03 bits per heavy atom. The molecular formula is C23H25N5O5. The molecule has 2 aliphatic rings. The van der Waals surface area contributed by atoms with Gasteiger partial charge in [-0.2, -0.15) is 5.26 Å². The van der Waals surface area contributed by atoms with Gasteiger partial charge in [0.1, 0.15) is 18.0 Å². The van der Waals surface area contributed by atoms with Gasteiger partial charge in [0.25, 0.3) is 0 Å². The summed E-state index contributed by atoms with van der Waals surface area (Å²) in [6, 6.07) is 6.99. The van der Waals surface area contributed by atoms with E-state index in [2.05, 4.69) is 21.7 Å². The summed E-state index contributed by atoms with van der Waals surface area (Å²) in [6.07, 6.45) is 0.941. The number of rotatable bonds is 4. The maximum absolute atomic E-state index is 12.4. The van der Waals surface area contributed by atoms with Crippen LogP contribution in [0.1, 0.15) is 34.1 Å². The first-order valence-corrected chi connectivity index (χ1v) is 10.7. The Labute approximate surface area is 190 Å². The lowest BCUT2D eigenvalue weighted by Crippen LogP contribution is -2.31. The molecule has 10 nitrogen and oxygen atoms in total. The average Bonchev–Trinajstić information content (AvgIpc) is 3.44. The number of benzene rings is 1. The first kappa shape index (κ1) is 22.3. The fourth-order valence-electron chi connectivity index (χ4n) is 3.69. The normalized spacial score (nSPS) is 21.8. The largest absolute Gasteiger partial charge is 0.447 e. The summed E-state index contributed by atoms with van der Waals surface area (Å²) in [4.78, 5) is 42.9. The van der Waals surface area contributed by atoms with Crippen LogP contribution in [0.2, 0.25) is 0 Å². The number of hydrogen-bond donors (Lipinski definition) is 2. The van der Waals surface area contributed by atoms with Crippen molar-refractivity contribution in [2.24, 2.45) is 11.8 Å². The molecule has 0 unspecified atom stereocenters. The number of carbonyl (C=O) groups excluding carboxylic acids is 3. The molecule has 1 saturated heterocycles. The summed E-state index contributed by atoms with van der Waals surface area (Å²) >= 11 is 0. The Balaban J connectivity index is 1.70. The Morgan fingerprint density at radius 1 is 1.27 bits per heavy atom. The summed E-state index contributed by atoms with van der Waals surface area (Å²) in [7, 11) is 0. The van der Waals surface area contributed by atoms with Crippen LogP contribution < -0.4 is 15.5 Å². The smallest absolute Gasteiger partial charge is 0.414 e. The SMILES string of the molecule is C[C@@H]1COC(=O)N1c1cc(NC(=O)OC(C)(C)C)c2cnc(NC(=O)[C@@H]3C[C@H]3C#N)cc2c1. The molecule has 3 amide bonds. The third-order valence-corrected chi connectivity index (χ3v) is 5.37. The van der Waals surface area contributed by atoms with Crippen molar-refractivity contribution in [3.05, 3.63) is 24.4 Å². The predicted octanol–water partition coefficient (Wildman–Crippen LogP) is 4.03. The summed E-state index contributed by atoms with van der Waals surface area (Å²) < 4.78 is 10.5. The standard InChI is InChI=1S/C23H25N5O5/c1-12-11-32-22(31)28(12)15-5-13-7-19(27-20(29)16-6-14(16)9-24)25-10-17(13)18(8-15)26-21(30)33-23(2,3)4/h5,7-8,10,12,14,16H,6,11H2,1-4H3,(H,26,30)(H,25,27,29)/t12-,14+,16-/m1/s1. The van der Waals surface area contributed by atoms with E-state index in [9.17, 15) is 14.4 Å². The van der Waals surface area contributed by atoms with Crippen molar-refractivity contribution in [2.75, 3.05) is 22.1 Å². The van der Waals surface area contributed by atoms with E-state index in [0.717, 1.165) is 0 Å². The Morgan fingerprint density at radius 3 is 2.64 bits per heavy atom. The number of fused-ring (bicyclic) bond motifs is 1. The number of nitriles is 1. The Kier molecular flexibility index (Phi) is 5.57. The maximum atomic E-state index is 12.4. The molecule has 2 heterocycles. The molecule has 10 heteroatoms. The lowest BCUT2D eigenvalue weighted by Gasteiger charge is -2.22. The van der Waals surface area contributed by atoms with Crippen LogP contribution >= 0.6 is 0 Å². The van der Waals surface area contributed by atoms with Crippen LogP contribution in [0, 0.1) is 23.2 Å². The molecule has 1 aliphatic carbocycles. The molecule has 4 rings (SSSR count). The molecule has 33 heavy (non-hydrogen) atoms. The minimum Gasteiger partial charge on any atom is -0.447 e. The zero-order valence-electron chi connectivity index (χ0n) is 18.8. The summed E-state index contributed by atoms with van der Waals surface area (Å²) in [5, 5.41) is 15.7. The number of cyclic esters (lactones) is 1. The number of hydrogen-bond acceptors (Lipinski definition) is 7. The van der Waals surface area contributed by atoms with E-state index in [4.69, 9.17) is 14.7 Å². The summed E-state index contributed by atoms with van der Waals surface area (Å²) in [5.41, 5.74) is 0.240. The van der Waals surface area contributed by atoms with Crippen LogP contribution in [0.5, 0.6) is 0 Å². The maximum Gasteiger partial charge on any atom is 0.414 e. The quantitative estimate of drug-likeness (QED) is 0.717. The van der Waals surface area contributed by atoms with Crippen molar-refractivity contribution in [1.82, 2.24) is 4.98 Å². The highest BCUT2D eigenvalue weighted by Gasteiger charge is 2.43. The molecule has 1 aromatic carbocycles. The highest BCUT2D eigenvalue weighted by atomic mass is 16.6. The van der Waals surface area contributed by atoms with Gasteiger partial charge in [0.15, 0.2) is 0 Å². The van der Waals surface area contributed by atoms with Crippen molar-refractivity contribution in [3.63, 3.8) is 0 Å². The van der Waals surface area contributed by atoms with Crippen LogP contribution in [0.25, 0.3) is 10.8 Å². The molecule has 1 saturated carbocycles. The molecule has 2 fully saturated rings. The number of pyridine rings is 1. The van der Waals surface area contributed by atoms with E-state index >= 15 is 0 Å². The fourth-order valence-corrected chi connectivity index (χ4v) is 3.69. The molecule has 0 spiro atoms. The zero-order chi connectivity index (χ0) is 23.9. The third kappa shape index (κ3) is 4.82. The lowest BCUT2D eigenvalue weighted by molar-refractivity contribution is -0.117. The Hall–Kier alpha value is -3.87. The minimum absolute atomic E-state index is 0.192. The molecule has 1 aliphatic heterocycles. The van der Waals surface area contributed by atoms with Crippen LogP contribution in [-0.4, -0.2) is 41.3 Å². The molecule has 0 radical (unpaired) electrons. The van der Waals surface area contributed by atoms with Gasteiger partial charge in [0.2, 0.25) is 5.91 Å². The number of anilines is 3. The minimum atomic E-state index is -0.690. The highest BCUT2D eigenvalue weighted by Crippen LogP contribution is 2.39. The van der Waals surface area contributed by atoms with Gasteiger partial charge in [-0.1, -0.05) is 0 Å². The first-order chi connectivity index (χ1) is 15.6. The van der Waals surface area contributed by atoms with Gasteiger partial charge in [-0.05, 0) is 57.7 Å². The number of nitrogens with one attached hydrogen (secondary N) is 2. The van der Waals surface area contributed by atoms with Gasteiger partial charge >= 0.3 is 12.2 Å². The van der Waals surface area contributed by atoms with Crippen molar-refractivity contribution in [1.29, 1.82) is 5.26 Å². The average molecular weight is 451 g/mol. The fraction of sp³-hybridized carbons (Fsp3) is 0.435. The molecular weight excluding hydrogens is 426 g/mol. The van der Waals surface area contributed by atoms with Crippen molar-refractivity contribution < 1.29 is 23.9 Å². The van der Waals surface area contributed by atoms with Gasteiger partial charge < -0.3 is 14.8 Å². The number of aromatic nitrogens is 1. The van der Waals surface area contributed by atoms with Crippen molar-refractivity contribution in [3.8, 4) is 6.07 Å². The number of nitrogens with zero attached hydrogens (tertiary/aromatic N) is 3. The van der Waals surface area contributed by atoms with E-state index in [0.29, 0.717) is 34.4 Å².